The fourth-order valence-electron chi connectivity index (χ4n) is 4.80. The molecule has 0 aliphatic carbocycles. The SMILES string of the molecule is COc1nc(-c2cccc(-c3cccc(-c4ccc(CNC[C@H](C)O)c(OC)n4)c3Cl)c2Cl)ccc1CCC[C@H](C)O. The van der Waals surface area contributed by atoms with Gasteiger partial charge in [-0.05, 0) is 45.2 Å². The van der Waals surface area contributed by atoms with E-state index in [0.717, 1.165) is 46.2 Å². The van der Waals surface area contributed by atoms with Crippen LogP contribution in [0.1, 0.15) is 37.8 Å². The Morgan fingerprint density at radius 3 is 1.71 bits per heavy atom. The Kier molecular flexibility index (Phi) is 11.2. The first-order chi connectivity index (χ1) is 20.2. The van der Waals surface area contributed by atoms with Crippen LogP contribution in [0.3, 0.4) is 0 Å². The predicted octanol–water partition coefficient (Wildman–Crippen LogP) is 6.98. The molecule has 9 heteroatoms. The maximum atomic E-state index is 9.59. The van der Waals surface area contributed by atoms with Gasteiger partial charge in [-0.2, -0.15) is 0 Å². The second-order valence-corrected chi connectivity index (χ2v) is 11.0. The number of hydrogen-bond acceptors (Lipinski definition) is 7. The summed E-state index contributed by atoms with van der Waals surface area (Å²) in [5, 5.41) is 23.4. The van der Waals surface area contributed by atoms with Crippen LogP contribution in [0, 0.1) is 0 Å². The first-order valence-electron chi connectivity index (χ1n) is 14.0. The Bertz CT molecular complexity index is 1400. The molecule has 7 nitrogen and oxygen atoms in total. The van der Waals surface area contributed by atoms with Crippen molar-refractivity contribution in [3.63, 3.8) is 0 Å². The molecule has 42 heavy (non-hydrogen) atoms. The average molecular weight is 611 g/mol. The van der Waals surface area contributed by atoms with E-state index < -0.39 is 6.10 Å². The van der Waals surface area contributed by atoms with Crippen LogP contribution in [0.5, 0.6) is 11.8 Å². The highest BCUT2D eigenvalue weighted by molar-refractivity contribution is 6.39. The largest absolute Gasteiger partial charge is 0.481 e. The van der Waals surface area contributed by atoms with Crippen molar-refractivity contribution in [1.29, 1.82) is 0 Å². The molecule has 222 valence electrons. The minimum Gasteiger partial charge on any atom is -0.481 e. The predicted molar refractivity (Wildman–Crippen MR) is 169 cm³/mol. The molecule has 0 spiro atoms. The second kappa shape index (κ2) is 14.8. The third kappa shape index (κ3) is 7.60. The lowest BCUT2D eigenvalue weighted by Crippen LogP contribution is -2.24. The summed E-state index contributed by atoms with van der Waals surface area (Å²) in [6, 6.07) is 19.4. The lowest BCUT2D eigenvalue weighted by molar-refractivity contribution is 0.181. The van der Waals surface area contributed by atoms with E-state index in [0.29, 0.717) is 52.7 Å². The highest BCUT2D eigenvalue weighted by atomic mass is 35.5. The number of halogens is 2. The van der Waals surface area contributed by atoms with E-state index in [1.165, 1.54) is 0 Å². The Balaban J connectivity index is 1.66. The normalized spacial score (nSPS) is 12.7. The molecule has 0 saturated carbocycles. The molecule has 2 aromatic carbocycles. The molecule has 2 atom stereocenters. The van der Waals surface area contributed by atoms with Crippen LogP contribution < -0.4 is 14.8 Å². The number of pyridine rings is 2. The van der Waals surface area contributed by atoms with Crippen LogP contribution in [-0.2, 0) is 13.0 Å². The molecule has 0 aliphatic rings. The number of nitrogens with one attached hydrogen (secondary N) is 1. The summed E-state index contributed by atoms with van der Waals surface area (Å²) in [5.74, 6) is 1.03. The van der Waals surface area contributed by atoms with Crippen LogP contribution in [0.25, 0.3) is 33.6 Å². The molecule has 0 fully saturated rings. The van der Waals surface area contributed by atoms with Gasteiger partial charge in [0.15, 0.2) is 0 Å². The number of methoxy groups -OCH3 is 2. The van der Waals surface area contributed by atoms with E-state index in [9.17, 15) is 10.2 Å². The van der Waals surface area contributed by atoms with Crippen LogP contribution in [0.2, 0.25) is 10.0 Å². The molecule has 2 aromatic heterocycles. The van der Waals surface area contributed by atoms with Crippen molar-refractivity contribution in [2.75, 3.05) is 20.8 Å². The van der Waals surface area contributed by atoms with Gasteiger partial charge in [-0.25, -0.2) is 9.97 Å². The van der Waals surface area contributed by atoms with E-state index in [4.69, 9.17) is 42.6 Å². The number of aromatic nitrogens is 2. The topological polar surface area (TPSA) is 96.7 Å². The Morgan fingerprint density at radius 2 is 1.21 bits per heavy atom. The Morgan fingerprint density at radius 1 is 0.714 bits per heavy atom. The van der Waals surface area contributed by atoms with E-state index >= 15 is 0 Å². The second-order valence-electron chi connectivity index (χ2n) is 10.3. The number of nitrogens with zero attached hydrogens (tertiary/aromatic N) is 2. The summed E-state index contributed by atoms with van der Waals surface area (Å²) < 4.78 is 11.1. The van der Waals surface area contributed by atoms with Gasteiger partial charge in [-0.15, -0.1) is 0 Å². The Labute approximate surface area is 257 Å². The molecular weight excluding hydrogens is 573 g/mol. The molecule has 0 radical (unpaired) electrons. The van der Waals surface area contributed by atoms with Gasteiger partial charge >= 0.3 is 0 Å². The zero-order chi connectivity index (χ0) is 30.2. The van der Waals surface area contributed by atoms with Crippen molar-refractivity contribution in [1.82, 2.24) is 15.3 Å². The number of hydrogen-bond donors (Lipinski definition) is 3. The average Bonchev–Trinajstić information content (AvgIpc) is 2.97. The molecular formula is C33H37Cl2N3O4. The monoisotopic (exact) mass is 609 g/mol. The molecule has 4 rings (SSSR count). The summed E-state index contributed by atoms with van der Waals surface area (Å²) in [6.45, 7) is 4.50. The van der Waals surface area contributed by atoms with E-state index in [1.54, 1.807) is 28.1 Å². The first kappa shape index (κ1) is 31.7. The Hall–Kier alpha value is -3.20. The van der Waals surface area contributed by atoms with Crippen molar-refractivity contribution in [2.24, 2.45) is 0 Å². The van der Waals surface area contributed by atoms with Crippen LogP contribution in [0.4, 0.5) is 0 Å². The molecule has 2 heterocycles. The van der Waals surface area contributed by atoms with E-state index in [2.05, 4.69) is 5.32 Å². The number of aliphatic hydroxyl groups excluding tert-OH is 2. The van der Waals surface area contributed by atoms with Crippen molar-refractivity contribution < 1.29 is 19.7 Å². The summed E-state index contributed by atoms with van der Waals surface area (Å²) in [4.78, 5) is 9.48. The summed E-state index contributed by atoms with van der Waals surface area (Å²) in [7, 11) is 3.19. The third-order valence-electron chi connectivity index (χ3n) is 6.93. The first-order valence-corrected chi connectivity index (χ1v) is 14.7. The molecule has 0 saturated heterocycles. The van der Waals surface area contributed by atoms with Crippen LogP contribution >= 0.6 is 23.2 Å². The smallest absolute Gasteiger partial charge is 0.218 e. The van der Waals surface area contributed by atoms with Crippen molar-refractivity contribution in [3.05, 3.63) is 81.8 Å². The fraction of sp³-hybridized carbons (Fsp3) is 0.333. The van der Waals surface area contributed by atoms with Crippen LogP contribution in [0.15, 0.2) is 60.7 Å². The number of benzene rings is 2. The van der Waals surface area contributed by atoms with Gasteiger partial charge in [0.2, 0.25) is 11.8 Å². The lowest BCUT2D eigenvalue weighted by Gasteiger charge is -2.15. The number of aryl methyl sites for hydroxylation is 1. The zero-order valence-corrected chi connectivity index (χ0v) is 25.8. The highest BCUT2D eigenvalue weighted by Crippen LogP contribution is 2.42. The quantitative estimate of drug-likeness (QED) is 0.150. The maximum absolute atomic E-state index is 9.59. The zero-order valence-electron chi connectivity index (χ0n) is 24.3. The van der Waals surface area contributed by atoms with Gasteiger partial charge in [0.1, 0.15) is 0 Å². The maximum Gasteiger partial charge on any atom is 0.218 e. The highest BCUT2D eigenvalue weighted by Gasteiger charge is 2.18. The summed E-state index contributed by atoms with van der Waals surface area (Å²) in [5.41, 5.74) is 6.27. The van der Waals surface area contributed by atoms with Gasteiger partial charge in [0, 0.05) is 46.5 Å². The molecule has 4 aromatic rings. The molecule has 0 unspecified atom stereocenters. The van der Waals surface area contributed by atoms with Gasteiger partial charge in [0.25, 0.3) is 0 Å². The number of aliphatic hydroxyl groups is 2. The van der Waals surface area contributed by atoms with E-state index in [1.807, 2.05) is 60.7 Å². The number of ether oxygens (including phenoxy) is 2. The lowest BCUT2D eigenvalue weighted by atomic mass is 9.98. The minimum absolute atomic E-state index is 0.337. The van der Waals surface area contributed by atoms with Gasteiger partial charge in [-0.3, -0.25) is 0 Å². The molecule has 0 amide bonds. The molecule has 0 bridgehead atoms. The van der Waals surface area contributed by atoms with Gasteiger partial charge < -0.3 is 25.0 Å². The van der Waals surface area contributed by atoms with Crippen molar-refractivity contribution >= 4 is 23.2 Å². The summed E-state index contributed by atoms with van der Waals surface area (Å²) >= 11 is 14.0. The van der Waals surface area contributed by atoms with E-state index in [-0.39, 0.29) is 6.10 Å². The third-order valence-corrected chi connectivity index (χ3v) is 7.74. The standard InChI is InChI=1S/C33H37Cl2N3O4/c1-20(39)8-5-9-22-14-16-28(37-32(22)41-3)26-12-6-10-24(30(26)34)25-11-7-13-27(31(25)35)29-17-15-23(33(38-29)42-4)19-36-18-21(2)40/h6-7,10-17,20-21,36,39-40H,5,8-9,18-19H2,1-4H3/t20-,21-/m0/s1. The molecule has 3 N–H and O–H groups in total. The van der Waals surface area contributed by atoms with Gasteiger partial charge in [0.05, 0.1) is 47.9 Å². The fourth-order valence-corrected chi connectivity index (χ4v) is 5.45. The number of rotatable bonds is 13. The van der Waals surface area contributed by atoms with Gasteiger partial charge in [-0.1, -0.05) is 71.7 Å². The summed E-state index contributed by atoms with van der Waals surface area (Å²) in [6.07, 6.45) is 1.53. The van der Waals surface area contributed by atoms with Crippen molar-refractivity contribution in [3.8, 4) is 45.4 Å². The van der Waals surface area contributed by atoms with Crippen LogP contribution in [-0.4, -0.2) is 53.2 Å². The molecule has 0 aliphatic heterocycles. The van der Waals surface area contributed by atoms with Crippen molar-refractivity contribution in [2.45, 2.75) is 51.9 Å². The minimum atomic E-state index is -0.446.